The Morgan fingerprint density at radius 2 is 2.07 bits per heavy atom. The van der Waals surface area contributed by atoms with Crippen molar-refractivity contribution in [1.29, 1.82) is 0 Å². The molecule has 0 amide bonds. The van der Waals surface area contributed by atoms with Gasteiger partial charge in [0.05, 0.1) is 17.0 Å². The molecular formula is C23H25N5O. The van der Waals surface area contributed by atoms with Crippen molar-refractivity contribution < 1.29 is 4.74 Å². The summed E-state index contributed by atoms with van der Waals surface area (Å²) in [6.45, 7) is 2.24. The van der Waals surface area contributed by atoms with Crippen LogP contribution in [0.5, 0.6) is 5.75 Å². The largest absolute Gasteiger partial charge is 0.490 e. The second-order valence-corrected chi connectivity index (χ2v) is 8.08. The molecule has 6 heteroatoms. The maximum atomic E-state index is 6.16. The molecule has 1 unspecified atom stereocenters. The van der Waals surface area contributed by atoms with Gasteiger partial charge in [-0.3, -0.25) is 4.98 Å². The molecule has 0 aliphatic heterocycles. The highest BCUT2D eigenvalue weighted by molar-refractivity contribution is 5.86. The van der Waals surface area contributed by atoms with E-state index in [4.69, 9.17) is 10.5 Å². The third-order valence-corrected chi connectivity index (χ3v) is 6.08. The van der Waals surface area contributed by atoms with Crippen LogP contribution in [0.4, 0.5) is 5.82 Å². The van der Waals surface area contributed by atoms with Crippen LogP contribution in [0.1, 0.15) is 38.6 Å². The number of hydrogen-bond donors (Lipinski definition) is 1. The first-order chi connectivity index (χ1) is 14.2. The second kappa shape index (κ2) is 7.35. The maximum absolute atomic E-state index is 6.16. The van der Waals surface area contributed by atoms with E-state index in [1.807, 2.05) is 30.5 Å². The molecule has 6 nitrogen and oxygen atoms in total. The molecule has 1 saturated carbocycles. The summed E-state index contributed by atoms with van der Waals surface area (Å²) in [4.78, 5) is 12.9. The van der Waals surface area contributed by atoms with Crippen molar-refractivity contribution in [2.45, 2.75) is 44.8 Å². The Kier molecular flexibility index (Phi) is 4.54. The molecule has 3 aromatic heterocycles. The predicted molar refractivity (Wildman–Crippen MR) is 115 cm³/mol. The van der Waals surface area contributed by atoms with Crippen molar-refractivity contribution in [3.63, 3.8) is 0 Å². The molecule has 1 atom stereocenters. The number of benzene rings is 1. The topological polar surface area (TPSA) is 78.9 Å². The molecule has 1 aliphatic rings. The SMILES string of the molecule is CC(CCC1CC(Oc2ccc3cccnc3c2)C1)n1ccc2c(N)ncnc21. The summed E-state index contributed by atoms with van der Waals surface area (Å²) in [6, 6.07) is 12.6. The standard InChI is InChI=1S/C23H25N5O/c1-15(28-10-8-20-22(24)26-14-27-23(20)28)4-5-16-11-19(12-16)29-18-7-6-17-3-2-9-25-21(17)13-18/h2-3,6-10,13-16,19H,4-5,11-12H2,1H3,(H2,24,26,27). The van der Waals surface area contributed by atoms with Crippen LogP contribution in [0.15, 0.2) is 55.1 Å². The minimum atomic E-state index is 0.316. The van der Waals surface area contributed by atoms with Crippen LogP contribution >= 0.6 is 0 Å². The van der Waals surface area contributed by atoms with Crippen molar-refractivity contribution in [1.82, 2.24) is 19.5 Å². The first-order valence-electron chi connectivity index (χ1n) is 10.3. The summed E-state index contributed by atoms with van der Waals surface area (Å²) in [5.41, 5.74) is 7.85. The Hall–Kier alpha value is -3.15. The van der Waals surface area contributed by atoms with Gasteiger partial charge in [-0.25, -0.2) is 9.97 Å². The van der Waals surface area contributed by atoms with Gasteiger partial charge in [0.25, 0.3) is 0 Å². The van der Waals surface area contributed by atoms with Crippen LogP contribution < -0.4 is 10.5 Å². The smallest absolute Gasteiger partial charge is 0.145 e. The molecule has 29 heavy (non-hydrogen) atoms. The van der Waals surface area contributed by atoms with Crippen molar-refractivity contribution in [3.05, 3.63) is 55.1 Å². The van der Waals surface area contributed by atoms with Gasteiger partial charge in [-0.15, -0.1) is 0 Å². The van der Waals surface area contributed by atoms with Crippen molar-refractivity contribution >= 4 is 27.8 Å². The van der Waals surface area contributed by atoms with Gasteiger partial charge >= 0.3 is 0 Å². The van der Waals surface area contributed by atoms with Crippen LogP contribution in [0.3, 0.4) is 0 Å². The Morgan fingerprint density at radius 1 is 1.17 bits per heavy atom. The number of hydrogen-bond acceptors (Lipinski definition) is 5. The van der Waals surface area contributed by atoms with E-state index in [0.29, 0.717) is 18.0 Å². The Bertz CT molecular complexity index is 1150. The lowest BCUT2D eigenvalue weighted by Crippen LogP contribution is -2.34. The number of nitrogens with two attached hydrogens (primary N) is 1. The predicted octanol–water partition coefficient (Wildman–Crippen LogP) is 4.76. The zero-order valence-corrected chi connectivity index (χ0v) is 16.5. The molecule has 1 fully saturated rings. The number of ether oxygens (including phenoxy) is 1. The normalized spacial score (nSPS) is 19.9. The molecule has 1 aromatic carbocycles. The van der Waals surface area contributed by atoms with Crippen LogP contribution in [0, 0.1) is 5.92 Å². The zero-order chi connectivity index (χ0) is 19.8. The summed E-state index contributed by atoms with van der Waals surface area (Å²) in [5.74, 6) is 2.19. The molecule has 0 radical (unpaired) electrons. The van der Waals surface area contributed by atoms with Gasteiger partial charge in [0.2, 0.25) is 0 Å². The lowest BCUT2D eigenvalue weighted by atomic mass is 9.78. The second-order valence-electron chi connectivity index (χ2n) is 8.08. The van der Waals surface area contributed by atoms with Crippen molar-refractivity contribution in [2.24, 2.45) is 5.92 Å². The molecule has 0 saturated heterocycles. The highest BCUT2D eigenvalue weighted by Crippen LogP contribution is 2.36. The highest BCUT2D eigenvalue weighted by Gasteiger charge is 2.31. The lowest BCUT2D eigenvalue weighted by Gasteiger charge is -2.36. The minimum absolute atomic E-state index is 0.316. The number of aromatic nitrogens is 4. The minimum Gasteiger partial charge on any atom is -0.490 e. The fraction of sp³-hybridized carbons (Fsp3) is 0.348. The first-order valence-corrected chi connectivity index (χ1v) is 10.3. The molecule has 148 valence electrons. The van der Waals surface area contributed by atoms with E-state index in [2.05, 4.69) is 44.8 Å². The van der Waals surface area contributed by atoms with E-state index >= 15 is 0 Å². The Labute approximate surface area is 169 Å². The summed E-state index contributed by atoms with van der Waals surface area (Å²) in [7, 11) is 0. The van der Waals surface area contributed by atoms with Gasteiger partial charge in [-0.05, 0) is 62.8 Å². The van der Waals surface area contributed by atoms with Gasteiger partial charge in [-0.1, -0.05) is 6.07 Å². The number of pyridine rings is 1. The summed E-state index contributed by atoms with van der Waals surface area (Å²) in [6.07, 6.45) is 10.3. The number of nitrogens with zero attached hydrogens (tertiary/aromatic N) is 4. The van der Waals surface area contributed by atoms with Gasteiger partial charge in [-0.2, -0.15) is 0 Å². The molecule has 0 bridgehead atoms. The molecule has 2 N–H and O–H groups in total. The van der Waals surface area contributed by atoms with Crippen molar-refractivity contribution in [2.75, 3.05) is 5.73 Å². The number of fused-ring (bicyclic) bond motifs is 2. The summed E-state index contributed by atoms with van der Waals surface area (Å²) in [5, 5.41) is 2.08. The molecule has 4 aromatic rings. The molecule has 1 aliphatic carbocycles. The number of rotatable bonds is 6. The van der Waals surface area contributed by atoms with E-state index < -0.39 is 0 Å². The van der Waals surface area contributed by atoms with Crippen LogP contribution in [0.2, 0.25) is 0 Å². The quantitative estimate of drug-likeness (QED) is 0.516. The van der Waals surface area contributed by atoms with Gasteiger partial charge < -0.3 is 15.0 Å². The maximum Gasteiger partial charge on any atom is 0.145 e. The highest BCUT2D eigenvalue weighted by atomic mass is 16.5. The number of nitrogen functional groups attached to an aromatic ring is 1. The summed E-state index contributed by atoms with van der Waals surface area (Å²) < 4.78 is 8.37. The summed E-state index contributed by atoms with van der Waals surface area (Å²) >= 11 is 0. The third kappa shape index (κ3) is 3.50. The molecule has 0 spiro atoms. The van der Waals surface area contributed by atoms with Gasteiger partial charge in [0, 0.05) is 29.9 Å². The third-order valence-electron chi connectivity index (χ3n) is 6.08. The molecule has 3 heterocycles. The van der Waals surface area contributed by atoms with E-state index in [9.17, 15) is 0 Å². The van der Waals surface area contributed by atoms with E-state index in [0.717, 1.165) is 52.9 Å². The van der Waals surface area contributed by atoms with Crippen LogP contribution in [-0.2, 0) is 0 Å². The first kappa shape index (κ1) is 17.9. The fourth-order valence-corrected chi connectivity index (χ4v) is 4.28. The van der Waals surface area contributed by atoms with Crippen molar-refractivity contribution in [3.8, 4) is 5.75 Å². The van der Waals surface area contributed by atoms with Gasteiger partial charge in [0.15, 0.2) is 0 Å². The molecular weight excluding hydrogens is 362 g/mol. The Balaban J connectivity index is 1.14. The van der Waals surface area contributed by atoms with Crippen LogP contribution in [0.25, 0.3) is 21.9 Å². The lowest BCUT2D eigenvalue weighted by molar-refractivity contribution is 0.0580. The Morgan fingerprint density at radius 3 is 2.97 bits per heavy atom. The number of anilines is 1. The van der Waals surface area contributed by atoms with E-state index in [-0.39, 0.29) is 0 Å². The fourth-order valence-electron chi connectivity index (χ4n) is 4.28. The van der Waals surface area contributed by atoms with E-state index in [1.165, 1.54) is 12.7 Å². The van der Waals surface area contributed by atoms with Crippen LogP contribution in [-0.4, -0.2) is 25.6 Å². The van der Waals surface area contributed by atoms with Gasteiger partial charge in [0.1, 0.15) is 23.5 Å². The average Bonchev–Trinajstić information content (AvgIpc) is 3.15. The zero-order valence-electron chi connectivity index (χ0n) is 16.5. The monoisotopic (exact) mass is 387 g/mol. The average molecular weight is 387 g/mol. The van der Waals surface area contributed by atoms with E-state index in [1.54, 1.807) is 0 Å². The molecule has 5 rings (SSSR count).